The molecule has 0 aliphatic heterocycles. The number of aryl methyl sites for hydroxylation is 1. The Hall–Kier alpha value is -1.39. The number of methoxy groups -OCH3 is 1. The Bertz CT molecular complexity index is 348. The summed E-state index contributed by atoms with van der Waals surface area (Å²) in [6.45, 7) is 1.86. The maximum absolute atomic E-state index is 11.0. The first-order valence-corrected chi connectivity index (χ1v) is 4.56. The van der Waals surface area contributed by atoms with Crippen LogP contribution in [0.5, 0.6) is 0 Å². The van der Waals surface area contributed by atoms with Crippen molar-refractivity contribution in [3.05, 3.63) is 35.4 Å². The molecule has 0 saturated heterocycles. The maximum Gasteiger partial charge on any atom is 0.337 e. The van der Waals surface area contributed by atoms with Gasteiger partial charge in [-0.05, 0) is 12.5 Å². The molecule has 1 rings (SSSR count). The Morgan fingerprint density at radius 2 is 2.07 bits per heavy atom. The minimum atomic E-state index is -1.54. The molecule has 0 amide bonds. The van der Waals surface area contributed by atoms with Gasteiger partial charge in [0.15, 0.2) is 6.10 Å². The number of benzene rings is 1. The summed E-state index contributed by atoms with van der Waals surface area (Å²) in [6, 6.07) is 6.96. The smallest absolute Gasteiger partial charge is 0.337 e. The third-order valence-electron chi connectivity index (χ3n) is 2.13. The molecule has 82 valence electrons. The van der Waals surface area contributed by atoms with E-state index in [9.17, 15) is 15.0 Å². The molecule has 0 bridgehead atoms. The highest BCUT2D eigenvalue weighted by atomic mass is 16.5. The van der Waals surface area contributed by atoms with Crippen LogP contribution in [0.15, 0.2) is 24.3 Å². The third-order valence-corrected chi connectivity index (χ3v) is 2.13. The average Bonchev–Trinajstić information content (AvgIpc) is 2.26. The fourth-order valence-corrected chi connectivity index (χ4v) is 1.29. The molecule has 2 atom stereocenters. The van der Waals surface area contributed by atoms with Gasteiger partial charge in [-0.15, -0.1) is 0 Å². The SMILES string of the molecule is COC(=O)C(O)C(O)c1cccc(C)c1. The summed E-state index contributed by atoms with van der Waals surface area (Å²) in [5.41, 5.74) is 1.44. The van der Waals surface area contributed by atoms with Gasteiger partial charge in [-0.3, -0.25) is 0 Å². The van der Waals surface area contributed by atoms with Crippen molar-refractivity contribution in [2.24, 2.45) is 0 Å². The minimum absolute atomic E-state index is 0.493. The van der Waals surface area contributed by atoms with Gasteiger partial charge in [0.05, 0.1) is 7.11 Å². The molecule has 0 saturated carbocycles. The van der Waals surface area contributed by atoms with Crippen molar-refractivity contribution in [2.75, 3.05) is 7.11 Å². The third kappa shape index (κ3) is 2.78. The molecule has 2 N–H and O–H groups in total. The predicted octanol–water partition coefficient (Wildman–Crippen LogP) is 0.562. The quantitative estimate of drug-likeness (QED) is 0.715. The molecule has 1 aromatic carbocycles. The number of hydrogen-bond donors (Lipinski definition) is 2. The first-order chi connectivity index (χ1) is 7.06. The number of ether oxygens (including phenoxy) is 1. The van der Waals surface area contributed by atoms with E-state index in [-0.39, 0.29) is 0 Å². The van der Waals surface area contributed by atoms with Crippen LogP contribution in [-0.4, -0.2) is 29.4 Å². The maximum atomic E-state index is 11.0. The van der Waals surface area contributed by atoms with Crippen molar-refractivity contribution in [3.8, 4) is 0 Å². The molecule has 2 unspecified atom stereocenters. The van der Waals surface area contributed by atoms with Crippen LogP contribution in [0.25, 0.3) is 0 Å². The molecule has 0 aromatic heterocycles. The van der Waals surface area contributed by atoms with Gasteiger partial charge in [0, 0.05) is 0 Å². The van der Waals surface area contributed by atoms with Crippen LogP contribution < -0.4 is 0 Å². The fourth-order valence-electron chi connectivity index (χ4n) is 1.29. The highest BCUT2D eigenvalue weighted by Crippen LogP contribution is 2.18. The Balaban J connectivity index is 2.84. The molecule has 1 aromatic rings. The van der Waals surface area contributed by atoms with Crippen LogP contribution in [-0.2, 0) is 9.53 Å². The van der Waals surface area contributed by atoms with Gasteiger partial charge < -0.3 is 14.9 Å². The number of aliphatic hydroxyl groups excluding tert-OH is 2. The highest BCUT2D eigenvalue weighted by molar-refractivity contribution is 5.75. The van der Waals surface area contributed by atoms with E-state index >= 15 is 0 Å². The van der Waals surface area contributed by atoms with Crippen LogP contribution in [0.4, 0.5) is 0 Å². The van der Waals surface area contributed by atoms with E-state index in [1.54, 1.807) is 18.2 Å². The zero-order valence-electron chi connectivity index (χ0n) is 8.68. The zero-order chi connectivity index (χ0) is 11.4. The van der Waals surface area contributed by atoms with Crippen molar-refractivity contribution < 1.29 is 19.7 Å². The first-order valence-electron chi connectivity index (χ1n) is 4.56. The Morgan fingerprint density at radius 1 is 1.40 bits per heavy atom. The summed E-state index contributed by atoms with van der Waals surface area (Å²) in [4.78, 5) is 11.0. The van der Waals surface area contributed by atoms with Crippen molar-refractivity contribution in [1.29, 1.82) is 0 Å². The number of esters is 1. The fraction of sp³-hybridized carbons (Fsp3) is 0.364. The molecule has 0 aliphatic carbocycles. The van der Waals surface area contributed by atoms with Gasteiger partial charge in [0.1, 0.15) is 6.10 Å². The van der Waals surface area contributed by atoms with E-state index in [0.717, 1.165) is 12.7 Å². The van der Waals surface area contributed by atoms with E-state index in [1.165, 1.54) is 0 Å². The topological polar surface area (TPSA) is 66.8 Å². The van der Waals surface area contributed by atoms with Gasteiger partial charge in [-0.1, -0.05) is 29.8 Å². The van der Waals surface area contributed by atoms with E-state index in [2.05, 4.69) is 4.74 Å². The second kappa shape index (κ2) is 4.91. The lowest BCUT2D eigenvalue weighted by Crippen LogP contribution is -2.29. The van der Waals surface area contributed by atoms with E-state index < -0.39 is 18.2 Å². The standard InChI is InChI=1S/C11H14O4/c1-7-4-3-5-8(6-7)9(12)10(13)11(14)15-2/h3-6,9-10,12-13H,1-2H3. The summed E-state index contributed by atoms with van der Waals surface area (Å²) in [6.07, 6.45) is -2.80. The number of hydrogen-bond acceptors (Lipinski definition) is 4. The molecular formula is C11H14O4. The first kappa shape index (κ1) is 11.7. The molecule has 0 spiro atoms. The van der Waals surface area contributed by atoms with Crippen LogP contribution >= 0.6 is 0 Å². The lowest BCUT2D eigenvalue weighted by molar-refractivity contribution is -0.156. The molecule has 4 nitrogen and oxygen atoms in total. The minimum Gasteiger partial charge on any atom is -0.467 e. The van der Waals surface area contributed by atoms with Crippen LogP contribution in [0.1, 0.15) is 17.2 Å². The number of rotatable bonds is 3. The predicted molar refractivity (Wildman–Crippen MR) is 54.2 cm³/mol. The Kier molecular flexibility index (Phi) is 3.82. The number of carbonyl (C=O) groups is 1. The monoisotopic (exact) mass is 210 g/mol. The van der Waals surface area contributed by atoms with Crippen molar-refractivity contribution in [1.82, 2.24) is 0 Å². The van der Waals surface area contributed by atoms with Crippen molar-refractivity contribution >= 4 is 5.97 Å². The van der Waals surface area contributed by atoms with E-state index in [1.807, 2.05) is 13.0 Å². The molecule has 0 heterocycles. The van der Waals surface area contributed by atoms with Crippen LogP contribution in [0.2, 0.25) is 0 Å². The summed E-state index contributed by atoms with van der Waals surface area (Å²) >= 11 is 0. The Labute approximate surface area is 88.1 Å². The number of carbonyl (C=O) groups excluding carboxylic acids is 1. The van der Waals surface area contributed by atoms with Gasteiger partial charge in [-0.25, -0.2) is 4.79 Å². The van der Waals surface area contributed by atoms with E-state index in [0.29, 0.717) is 5.56 Å². The molecule has 0 radical (unpaired) electrons. The average molecular weight is 210 g/mol. The molecule has 0 fully saturated rings. The largest absolute Gasteiger partial charge is 0.467 e. The molecule has 4 heteroatoms. The Morgan fingerprint density at radius 3 is 2.60 bits per heavy atom. The lowest BCUT2D eigenvalue weighted by atomic mass is 10.0. The van der Waals surface area contributed by atoms with Gasteiger partial charge in [0.2, 0.25) is 0 Å². The van der Waals surface area contributed by atoms with Crippen LogP contribution in [0.3, 0.4) is 0 Å². The zero-order valence-corrected chi connectivity index (χ0v) is 8.68. The second-order valence-electron chi connectivity index (χ2n) is 3.33. The van der Waals surface area contributed by atoms with Gasteiger partial charge >= 0.3 is 5.97 Å². The lowest BCUT2D eigenvalue weighted by Gasteiger charge is -2.16. The summed E-state index contributed by atoms with van der Waals surface area (Å²) < 4.78 is 4.34. The van der Waals surface area contributed by atoms with Gasteiger partial charge in [-0.2, -0.15) is 0 Å². The van der Waals surface area contributed by atoms with E-state index in [4.69, 9.17) is 0 Å². The van der Waals surface area contributed by atoms with Crippen LogP contribution in [0, 0.1) is 6.92 Å². The summed E-state index contributed by atoms with van der Waals surface area (Å²) in [5, 5.41) is 19.1. The molecular weight excluding hydrogens is 196 g/mol. The van der Waals surface area contributed by atoms with Crippen molar-refractivity contribution in [2.45, 2.75) is 19.1 Å². The van der Waals surface area contributed by atoms with Crippen molar-refractivity contribution in [3.63, 3.8) is 0 Å². The normalized spacial score (nSPS) is 14.4. The molecule has 0 aliphatic rings. The summed E-state index contributed by atoms with van der Waals surface area (Å²) in [7, 11) is 1.16. The highest BCUT2D eigenvalue weighted by Gasteiger charge is 2.26. The van der Waals surface area contributed by atoms with Gasteiger partial charge in [0.25, 0.3) is 0 Å². The molecule has 15 heavy (non-hydrogen) atoms. The summed E-state index contributed by atoms with van der Waals surface area (Å²) in [5.74, 6) is -0.844. The number of aliphatic hydroxyl groups is 2. The second-order valence-corrected chi connectivity index (χ2v) is 3.33.